The van der Waals surface area contributed by atoms with Gasteiger partial charge in [-0.05, 0) is 23.8 Å². The summed E-state index contributed by atoms with van der Waals surface area (Å²) in [6.07, 6.45) is 0. The molecule has 0 unspecified atom stereocenters. The second-order valence-electron chi connectivity index (χ2n) is 4.66. The van der Waals surface area contributed by atoms with Gasteiger partial charge in [-0.1, -0.05) is 42.5 Å². The monoisotopic (exact) mass is 304 g/mol. The maximum atomic E-state index is 14.0. The van der Waals surface area contributed by atoms with Gasteiger partial charge < -0.3 is 15.7 Å². The summed E-state index contributed by atoms with van der Waals surface area (Å²) in [5.41, 5.74) is 7.47. The molecule has 0 bridgehead atoms. The van der Waals surface area contributed by atoms with Gasteiger partial charge in [0.25, 0.3) is 0 Å². The van der Waals surface area contributed by atoms with Crippen molar-refractivity contribution in [3.05, 3.63) is 65.5 Å². The number of benzene rings is 2. The molecule has 0 aliphatic carbocycles. The number of nitrogens with zero attached hydrogens (tertiary/aromatic N) is 1. The van der Waals surface area contributed by atoms with Gasteiger partial charge in [0.05, 0.1) is 6.61 Å². The Balaban J connectivity index is 2.26. The molecular formula is C16H17FN2OS. The van der Waals surface area contributed by atoms with Crippen molar-refractivity contribution in [2.75, 3.05) is 18.1 Å². The van der Waals surface area contributed by atoms with Crippen LogP contribution in [0.15, 0.2) is 48.5 Å². The van der Waals surface area contributed by atoms with Gasteiger partial charge in [0.2, 0.25) is 0 Å². The molecule has 0 atom stereocenters. The molecule has 0 radical (unpaired) electrons. The Bertz CT molecular complexity index is 619. The van der Waals surface area contributed by atoms with Crippen LogP contribution in [0, 0.1) is 5.82 Å². The highest BCUT2D eigenvalue weighted by Gasteiger charge is 2.11. The molecule has 21 heavy (non-hydrogen) atoms. The van der Waals surface area contributed by atoms with Crippen molar-refractivity contribution in [2.45, 2.75) is 6.54 Å². The van der Waals surface area contributed by atoms with Crippen LogP contribution >= 0.6 is 12.2 Å². The fourth-order valence-corrected chi connectivity index (χ4v) is 2.29. The van der Waals surface area contributed by atoms with E-state index in [4.69, 9.17) is 18.0 Å². The molecule has 0 spiro atoms. The van der Waals surface area contributed by atoms with Crippen LogP contribution in [0.2, 0.25) is 0 Å². The number of nitrogens with two attached hydrogens (primary N) is 1. The van der Waals surface area contributed by atoms with E-state index in [2.05, 4.69) is 0 Å². The third-order valence-corrected chi connectivity index (χ3v) is 3.39. The summed E-state index contributed by atoms with van der Waals surface area (Å²) >= 11 is 4.80. The van der Waals surface area contributed by atoms with E-state index >= 15 is 0 Å². The lowest BCUT2D eigenvalue weighted by Crippen LogP contribution is -2.26. The molecule has 0 aliphatic rings. The molecule has 0 aromatic heterocycles. The fraction of sp³-hybridized carbons (Fsp3) is 0.188. The van der Waals surface area contributed by atoms with Crippen LogP contribution < -0.4 is 10.6 Å². The van der Waals surface area contributed by atoms with Crippen LogP contribution in [0.5, 0.6) is 0 Å². The highest BCUT2D eigenvalue weighted by molar-refractivity contribution is 7.80. The van der Waals surface area contributed by atoms with Gasteiger partial charge in [0, 0.05) is 24.3 Å². The number of aliphatic hydroxyl groups is 1. The van der Waals surface area contributed by atoms with Crippen LogP contribution in [0.1, 0.15) is 11.1 Å². The molecule has 2 aromatic carbocycles. The van der Waals surface area contributed by atoms with Gasteiger partial charge in [-0.3, -0.25) is 0 Å². The molecule has 0 saturated heterocycles. The molecule has 2 rings (SSSR count). The smallest absolute Gasteiger partial charge is 0.135 e. The van der Waals surface area contributed by atoms with E-state index in [0.717, 1.165) is 5.56 Å². The second kappa shape index (κ2) is 7.15. The van der Waals surface area contributed by atoms with Crippen molar-refractivity contribution in [3.8, 4) is 0 Å². The second-order valence-corrected chi connectivity index (χ2v) is 5.10. The van der Waals surface area contributed by atoms with Crippen molar-refractivity contribution < 1.29 is 9.50 Å². The van der Waals surface area contributed by atoms with Crippen molar-refractivity contribution in [3.63, 3.8) is 0 Å². The van der Waals surface area contributed by atoms with Crippen LogP contribution in [0.3, 0.4) is 0 Å². The Kier molecular flexibility index (Phi) is 5.25. The van der Waals surface area contributed by atoms with Crippen molar-refractivity contribution in [1.29, 1.82) is 0 Å². The Morgan fingerprint density at radius 1 is 1.19 bits per heavy atom. The van der Waals surface area contributed by atoms with Gasteiger partial charge in [0.15, 0.2) is 0 Å². The van der Waals surface area contributed by atoms with Gasteiger partial charge in [0.1, 0.15) is 10.8 Å². The molecule has 0 amide bonds. The van der Waals surface area contributed by atoms with Crippen LogP contribution in [-0.4, -0.2) is 23.2 Å². The first kappa shape index (κ1) is 15.4. The fourth-order valence-electron chi connectivity index (χ4n) is 2.12. The molecule has 3 nitrogen and oxygen atoms in total. The van der Waals surface area contributed by atoms with Crippen LogP contribution in [0.25, 0.3) is 0 Å². The first-order valence-corrected chi connectivity index (χ1v) is 7.01. The Morgan fingerprint density at radius 3 is 2.48 bits per heavy atom. The maximum Gasteiger partial charge on any atom is 0.135 e. The van der Waals surface area contributed by atoms with Gasteiger partial charge in [-0.2, -0.15) is 0 Å². The van der Waals surface area contributed by atoms with E-state index in [1.807, 2.05) is 35.2 Å². The first-order chi connectivity index (χ1) is 10.1. The number of aliphatic hydroxyl groups excluding tert-OH is 1. The Labute approximate surface area is 128 Å². The summed E-state index contributed by atoms with van der Waals surface area (Å²) in [6.45, 7) is 1.000. The number of hydrogen-bond acceptors (Lipinski definition) is 3. The molecule has 0 aliphatic heterocycles. The van der Waals surface area contributed by atoms with E-state index < -0.39 is 5.82 Å². The van der Waals surface area contributed by atoms with E-state index in [9.17, 15) is 9.50 Å². The lowest BCUT2D eigenvalue weighted by atomic mass is 10.1. The number of thiocarbonyl (C=S) groups is 1. The predicted octanol–water partition coefficient (Wildman–Crippen LogP) is 2.46. The largest absolute Gasteiger partial charge is 0.395 e. The minimum atomic E-state index is -0.448. The Morgan fingerprint density at radius 2 is 1.90 bits per heavy atom. The quantitative estimate of drug-likeness (QED) is 0.805. The molecule has 0 fully saturated rings. The minimum Gasteiger partial charge on any atom is -0.395 e. The molecule has 0 heterocycles. The van der Waals surface area contributed by atoms with E-state index in [1.54, 1.807) is 12.1 Å². The zero-order valence-corrected chi connectivity index (χ0v) is 12.3. The van der Waals surface area contributed by atoms with Gasteiger partial charge in [-0.25, -0.2) is 4.39 Å². The number of halogens is 1. The maximum absolute atomic E-state index is 14.0. The summed E-state index contributed by atoms with van der Waals surface area (Å²) in [7, 11) is 0. The SMILES string of the molecule is NC(=S)c1ccc(N(CCO)Cc2ccccc2)cc1F. The highest BCUT2D eigenvalue weighted by atomic mass is 32.1. The first-order valence-electron chi connectivity index (χ1n) is 6.61. The molecule has 2 aromatic rings. The highest BCUT2D eigenvalue weighted by Crippen LogP contribution is 2.20. The topological polar surface area (TPSA) is 49.5 Å². The lowest BCUT2D eigenvalue weighted by Gasteiger charge is -2.24. The predicted molar refractivity (Wildman–Crippen MR) is 86.9 cm³/mol. The average Bonchev–Trinajstić information content (AvgIpc) is 2.47. The van der Waals surface area contributed by atoms with E-state index in [-0.39, 0.29) is 17.2 Å². The average molecular weight is 304 g/mol. The van der Waals surface area contributed by atoms with Crippen molar-refractivity contribution in [1.82, 2.24) is 0 Å². The van der Waals surface area contributed by atoms with Crippen molar-refractivity contribution in [2.24, 2.45) is 5.73 Å². The van der Waals surface area contributed by atoms with Gasteiger partial charge >= 0.3 is 0 Å². The molecular weight excluding hydrogens is 287 g/mol. The molecule has 5 heteroatoms. The summed E-state index contributed by atoms with van der Waals surface area (Å²) in [4.78, 5) is 1.94. The van der Waals surface area contributed by atoms with E-state index in [1.165, 1.54) is 6.07 Å². The van der Waals surface area contributed by atoms with Gasteiger partial charge in [-0.15, -0.1) is 0 Å². The Hall–Kier alpha value is -1.98. The minimum absolute atomic E-state index is 0.00843. The van der Waals surface area contributed by atoms with Crippen LogP contribution in [-0.2, 0) is 6.54 Å². The third-order valence-electron chi connectivity index (χ3n) is 3.17. The molecule has 3 N–H and O–H groups in total. The normalized spacial score (nSPS) is 10.4. The number of anilines is 1. The van der Waals surface area contributed by atoms with E-state index in [0.29, 0.717) is 18.8 Å². The molecule has 0 saturated carbocycles. The summed E-state index contributed by atoms with van der Waals surface area (Å²) in [6, 6.07) is 14.5. The summed E-state index contributed by atoms with van der Waals surface area (Å²) in [5, 5.41) is 9.21. The number of rotatable bonds is 6. The zero-order chi connectivity index (χ0) is 15.2. The summed E-state index contributed by atoms with van der Waals surface area (Å²) < 4.78 is 14.0. The lowest BCUT2D eigenvalue weighted by molar-refractivity contribution is 0.301. The van der Waals surface area contributed by atoms with Crippen molar-refractivity contribution >= 4 is 22.9 Å². The zero-order valence-electron chi connectivity index (χ0n) is 11.5. The standard InChI is InChI=1S/C16H17FN2OS/c17-15-10-13(6-7-14(15)16(18)21)19(8-9-20)11-12-4-2-1-3-5-12/h1-7,10,20H,8-9,11H2,(H2,18,21). The summed E-state index contributed by atoms with van der Waals surface area (Å²) in [5.74, 6) is -0.448. The molecule has 110 valence electrons. The number of hydrogen-bond donors (Lipinski definition) is 2. The van der Waals surface area contributed by atoms with Crippen LogP contribution in [0.4, 0.5) is 10.1 Å². The third kappa shape index (κ3) is 4.00.